The van der Waals surface area contributed by atoms with Gasteiger partial charge in [-0.25, -0.2) is 14.4 Å². The fraction of sp³-hybridized carbons (Fsp3) is 0.545. The van der Waals surface area contributed by atoms with Gasteiger partial charge in [0.25, 0.3) is 0 Å². The topological polar surface area (TPSA) is 52.8 Å². The van der Waals surface area contributed by atoms with Crippen LogP contribution in [0.2, 0.25) is 0 Å². The van der Waals surface area contributed by atoms with Crippen molar-refractivity contribution >= 4 is 5.82 Å². The zero-order valence-corrected chi connectivity index (χ0v) is 9.15. The molecule has 1 heterocycles. The SMILES string of the molecule is Cc1ncnc(N(CCC#N)C2CC2)c1F. The van der Waals surface area contributed by atoms with Crippen molar-refractivity contribution in [3.8, 4) is 6.07 Å². The van der Waals surface area contributed by atoms with Crippen molar-refractivity contribution in [2.45, 2.75) is 32.2 Å². The molecule has 1 aromatic rings. The molecular formula is C11H13FN4. The third-order valence-corrected chi connectivity index (χ3v) is 2.67. The molecule has 84 valence electrons. The maximum atomic E-state index is 13.8. The third-order valence-electron chi connectivity index (χ3n) is 2.67. The van der Waals surface area contributed by atoms with Gasteiger partial charge in [-0.3, -0.25) is 0 Å². The van der Waals surface area contributed by atoms with E-state index in [4.69, 9.17) is 5.26 Å². The van der Waals surface area contributed by atoms with Crippen molar-refractivity contribution in [3.05, 3.63) is 17.8 Å². The summed E-state index contributed by atoms with van der Waals surface area (Å²) in [5, 5.41) is 8.58. The van der Waals surface area contributed by atoms with Gasteiger partial charge in [-0.15, -0.1) is 0 Å². The molecule has 0 aliphatic heterocycles. The van der Waals surface area contributed by atoms with Crippen molar-refractivity contribution in [2.24, 2.45) is 0 Å². The van der Waals surface area contributed by atoms with Crippen LogP contribution in [0.15, 0.2) is 6.33 Å². The summed E-state index contributed by atoms with van der Waals surface area (Å²) >= 11 is 0. The molecular weight excluding hydrogens is 207 g/mol. The lowest BCUT2D eigenvalue weighted by Crippen LogP contribution is -2.29. The molecule has 0 spiro atoms. The van der Waals surface area contributed by atoms with Crippen LogP contribution in [0.25, 0.3) is 0 Å². The number of hydrogen-bond donors (Lipinski definition) is 0. The lowest BCUT2D eigenvalue weighted by atomic mass is 10.3. The molecule has 1 aliphatic carbocycles. The molecule has 4 nitrogen and oxygen atoms in total. The number of nitrogens with zero attached hydrogens (tertiary/aromatic N) is 4. The Morgan fingerprint density at radius 3 is 2.94 bits per heavy atom. The Bertz CT molecular complexity index is 422. The van der Waals surface area contributed by atoms with Crippen molar-refractivity contribution in [2.75, 3.05) is 11.4 Å². The summed E-state index contributed by atoms with van der Waals surface area (Å²) in [5.74, 6) is -0.0300. The van der Waals surface area contributed by atoms with E-state index in [2.05, 4.69) is 16.0 Å². The highest BCUT2D eigenvalue weighted by Crippen LogP contribution is 2.32. The monoisotopic (exact) mass is 220 g/mol. The van der Waals surface area contributed by atoms with E-state index in [1.807, 2.05) is 4.90 Å². The van der Waals surface area contributed by atoms with Crippen LogP contribution in [0, 0.1) is 24.1 Å². The predicted molar refractivity (Wildman–Crippen MR) is 57.3 cm³/mol. The second kappa shape index (κ2) is 4.44. The molecule has 0 bridgehead atoms. The first-order valence-corrected chi connectivity index (χ1v) is 5.34. The molecule has 0 unspecified atom stereocenters. The minimum absolute atomic E-state index is 0.338. The zero-order valence-electron chi connectivity index (χ0n) is 9.15. The summed E-state index contributed by atoms with van der Waals surface area (Å²) in [4.78, 5) is 9.67. The van der Waals surface area contributed by atoms with Gasteiger partial charge in [0.15, 0.2) is 11.6 Å². The minimum Gasteiger partial charge on any atom is -0.350 e. The van der Waals surface area contributed by atoms with Crippen LogP contribution in [0.4, 0.5) is 10.2 Å². The van der Waals surface area contributed by atoms with E-state index in [1.165, 1.54) is 6.33 Å². The number of hydrogen-bond acceptors (Lipinski definition) is 4. The van der Waals surface area contributed by atoms with E-state index in [-0.39, 0.29) is 5.82 Å². The predicted octanol–water partition coefficient (Wildman–Crippen LogP) is 1.81. The van der Waals surface area contributed by atoms with E-state index in [0.29, 0.717) is 30.5 Å². The summed E-state index contributed by atoms with van der Waals surface area (Å²) in [5.41, 5.74) is 0.354. The fourth-order valence-corrected chi connectivity index (χ4v) is 1.66. The molecule has 0 atom stereocenters. The zero-order chi connectivity index (χ0) is 11.5. The maximum Gasteiger partial charge on any atom is 0.186 e. The van der Waals surface area contributed by atoms with Crippen LogP contribution in [0.3, 0.4) is 0 Å². The Morgan fingerprint density at radius 2 is 2.31 bits per heavy atom. The van der Waals surface area contributed by atoms with Crippen molar-refractivity contribution in [1.82, 2.24) is 9.97 Å². The molecule has 0 saturated heterocycles. The Hall–Kier alpha value is -1.70. The van der Waals surface area contributed by atoms with Gasteiger partial charge in [-0.05, 0) is 19.8 Å². The summed E-state index contributed by atoms with van der Waals surface area (Å²) in [6.45, 7) is 2.16. The first kappa shape index (κ1) is 10.8. The average Bonchev–Trinajstić information content (AvgIpc) is 3.08. The van der Waals surface area contributed by atoms with Crippen LogP contribution < -0.4 is 4.90 Å². The highest BCUT2D eigenvalue weighted by Gasteiger charge is 2.31. The molecule has 2 rings (SSSR count). The molecule has 0 amide bonds. The van der Waals surface area contributed by atoms with Gasteiger partial charge in [0.05, 0.1) is 18.2 Å². The Balaban J connectivity index is 2.24. The summed E-state index contributed by atoms with van der Waals surface area (Å²) in [6, 6.07) is 2.42. The minimum atomic E-state index is -0.368. The van der Waals surface area contributed by atoms with Crippen molar-refractivity contribution in [1.29, 1.82) is 5.26 Å². The molecule has 1 fully saturated rings. The second-order valence-corrected chi connectivity index (χ2v) is 3.93. The molecule has 1 saturated carbocycles. The van der Waals surface area contributed by atoms with Crippen LogP contribution in [0.5, 0.6) is 0 Å². The van der Waals surface area contributed by atoms with Gasteiger partial charge in [-0.1, -0.05) is 0 Å². The quantitative estimate of drug-likeness (QED) is 0.776. The molecule has 5 heteroatoms. The summed E-state index contributed by atoms with van der Waals surface area (Å²) in [6.07, 6.45) is 3.86. The molecule has 1 aliphatic rings. The van der Waals surface area contributed by atoms with Gasteiger partial charge in [0.1, 0.15) is 6.33 Å². The van der Waals surface area contributed by atoms with Gasteiger partial charge >= 0.3 is 0 Å². The summed E-state index contributed by atoms with van der Waals surface area (Å²) < 4.78 is 13.8. The number of rotatable bonds is 4. The van der Waals surface area contributed by atoms with Gasteiger partial charge in [-0.2, -0.15) is 5.26 Å². The third kappa shape index (κ3) is 2.11. The second-order valence-electron chi connectivity index (χ2n) is 3.93. The van der Waals surface area contributed by atoms with Gasteiger partial charge < -0.3 is 4.90 Å². The van der Waals surface area contributed by atoms with Crippen LogP contribution in [-0.4, -0.2) is 22.6 Å². The van der Waals surface area contributed by atoms with E-state index >= 15 is 0 Å². The molecule has 0 N–H and O–H groups in total. The van der Waals surface area contributed by atoms with Crippen LogP contribution in [-0.2, 0) is 0 Å². The van der Waals surface area contributed by atoms with Crippen LogP contribution in [0.1, 0.15) is 25.0 Å². The molecule has 0 radical (unpaired) electrons. The van der Waals surface area contributed by atoms with E-state index in [9.17, 15) is 4.39 Å². The Kier molecular flexibility index (Phi) is 3.00. The normalized spacial score (nSPS) is 14.6. The van der Waals surface area contributed by atoms with Crippen molar-refractivity contribution < 1.29 is 4.39 Å². The highest BCUT2D eigenvalue weighted by molar-refractivity contribution is 5.43. The van der Waals surface area contributed by atoms with E-state index in [0.717, 1.165) is 12.8 Å². The molecule has 0 aromatic carbocycles. The number of aryl methyl sites for hydroxylation is 1. The van der Waals surface area contributed by atoms with E-state index in [1.54, 1.807) is 6.92 Å². The smallest absolute Gasteiger partial charge is 0.186 e. The van der Waals surface area contributed by atoms with Crippen LogP contribution >= 0.6 is 0 Å². The lowest BCUT2D eigenvalue weighted by molar-refractivity contribution is 0.588. The van der Waals surface area contributed by atoms with Gasteiger partial charge in [0, 0.05) is 12.6 Å². The fourth-order valence-electron chi connectivity index (χ4n) is 1.66. The molecule has 1 aromatic heterocycles. The number of halogens is 1. The molecule has 16 heavy (non-hydrogen) atoms. The number of aromatic nitrogens is 2. The number of nitriles is 1. The first-order valence-electron chi connectivity index (χ1n) is 5.34. The Morgan fingerprint density at radius 1 is 1.56 bits per heavy atom. The summed E-state index contributed by atoms with van der Waals surface area (Å²) in [7, 11) is 0. The first-order chi connectivity index (χ1) is 7.74. The Labute approximate surface area is 93.7 Å². The lowest BCUT2D eigenvalue weighted by Gasteiger charge is -2.22. The largest absolute Gasteiger partial charge is 0.350 e. The maximum absolute atomic E-state index is 13.8. The van der Waals surface area contributed by atoms with E-state index < -0.39 is 0 Å². The van der Waals surface area contributed by atoms with Gasteiger partial charge in [0.2, 0.25) is 0 Å². The van der Waals surface area contributed by atoms with Crippen molar-refractivity contribution in [3.63, 3.8) is 0 Å². The number of anilines is 1. The highest BCUT2D eigenvalue weighted by atomic mass is 19.1. The average molecular weight is 220 g/mol. The standard InChI is InChI=1S/C11H13FN4/c1-8-10(12)11(15-7-14-8)16(6-2-5-13)9-3-4-9/h7,9H,2-4,6H2,1H3.